The van der Waals surface area contributed by atoms with E-state index in [4.69, 9.17) is 4.42 Å². The smallest absolute Gasteiger partial charge is 0.130 e. The zero-order chi connectivity index (χ0) is 30.9. The topological polar surface area (TPSA) is 18.1 Å². The van der Waals surface area contributed by atoms with Crippen molar-refractivity contribution in [2.24, 2.45) is 17.8 Å². The highest BCUT2D eigenvalue weighted by molar-refractivity contribution is 5.96. The van der Waals surface area contributed by atoms with E-state index in [2.05, 4.69) is 127 Å². The maximum atomic E-state index is 6.48. The molecule has 11 rings (SSSR count). The molecule has 2 nitrogen and oxygen atoms in total. The number of aromatic nitrogens is 1. The Morgan fingerprint density at radius 2 is 1.79 bits per heavy atom. The van der Waals surface area contributed by atoms with Crippen LogP contribution in [0.15, 0.2) is 131 Å². The molecule has 0 aliphatic heterocycles. The summed E-state index contributed by atoms with van der Waals surface area (Å²) in [7, 11) is 0. The van der Waals surface area contributed by atoms with Gasteiger partial charge in [0.15, 0.2) is 0 Å². The van der Waals surface area contributed by atoms with Crippen molar-refractivity contribution in [3.8, 4) is 0 Å². The molecule has 5 atom stereocenters. The molecule has 2 heterocycles. The maximum absolute atomic E-state index is 6.48. The van der Waals surface area contributed by atoms with Crippen LogP contribution in [0.3, 0.4) is 0 Å². The molecule has 8 aliphatic carbocycles. The summed E-state index contributed by atoms with van der Waals surface area (Å²) < 4.78 is 9.03. The fourth-order valence-corrected chi connectivity index (χ4v) is 10.8. The van der Waals surface area contributed by atoms with Gasteiger partial charge in [0, 0.05) is 52.8 Å². The lowest BCUT2D eigenvalue weighted by Gasteiger charge is -2.38. The second kappa shape index (κ2) is 9.38. The predicted molar refractivity (Wildman–Crippen MR) is 192 cm³/mol. The largest absolute Gasteiger partial charge is 0.461 e. The number of benzene rings is 1. The molecule has 0 saturated heterocycles. The lowest BCUT2D eigenvalue weighted by molar-refractivity contribution is 0.457. The minimum Gasteiger partial charge on any atom is -0.461 e. The van der Waals surface area contributed by atoms with Crippen LogP contribution in [0.5, 0.6) is 0 Å². The van der Waals surface area contributed by atoms with E-state index in [-0.39, 0.29) is 11.5 Å². The summed E-state index contributed by atoms with van der Waals surface area (Å²) in [6.45, 7) is 4.61. The van der Waals surface area contributed by atoms with E-state index in [0.29, 0.717) is 17.8 Å². The lowest BCUT2D eigenvalue weighted by atomic mass is 9.64. The SMILES string of the molecule is C=CC1=C(c2cn(C3C=Cc4c(oc5c4CCC=C5)C3)c3c2CCC=C3)c2ccccc2C12C1=CC=CC3C=CC4=C(C13)C2CC=C4. The lowest BCUT2D eigenvalue weighted by Crippen LogP contribution is -2.34. The van der Waals surface area contributed by atoms with Gasteiger partial charge in [-0.2, -0.15) is 0 Å². The third kappa shape index (κ3) is 3.22. The number of hydrogen-bond donors (Lipinski definition) is 0. The molecule has 0 N–H and O–H groups in total. The van der Waals surface area contributed by atoms with Gasteiger partial charge in [0.2, 0.25) is 0 Å². The molecule has 1 spiro atoms. The Balaban J connectivity index is 1.13. The van der Waals surface area contributed by atoms with Gasteiger partial charge in [0.25, 0.3) is 0 Å². The van der Waals surface area contributed by atoms with Gasteiger partial charge in [-0.15, -0.1) is 0 Å². The van der Waals surface area contributed by atoms with Crippen LogP contribution in [0, 0.1) is 17.8 Å². The average Bonchev–Trinajstić information content (AvgIpc) is 3.85. The third-order valence-corrected chi connectivity index (χ3v) is 12.5. The van der Waals surface area contributed by atoms with E-state index in [1.165, 1.54) is 55.8 Å². The Bertz CT molecular complexity index is 2240. The minimum atomic E-state index is -0.210. The van der Waals surface area contributed by atoms with Crippen LogP contribution in [-0.4, -0.2) is 4.57 Å². The number of furan rings is 1. The van der Waals surface area contributed by atoms with E-state index in [1.54, 1.807) is 11.1 Å². The van der Waals surface area contributed by atoms with Crippen molar-refractivity contribution in [1.29, 1.82) is 0 Å². The van der Waals surface area contributed by atoms with Gasteiger partial charge < -0.3 is 8.98 Å². The third-order valence-electron chi connectivity index (χ3n) is 12.5. The summed E-state index contributed by atoms with van der Waals surface area (Å²) in [6, 6.07) is 9.55. The number of fused-ring (bicyclic) bond motifs is 8. The molecular formula is C45H37NO. The summed E-state index contributed by atoms with van der Waals surface area (Å²) in [4.78, 5) is 0. The average molecular weight is 608 g/mol. The zero-order valence-corrected chi connectivity index (χ0v) is 26.6. The second-order valence-corrected chi connectivity index (χ2v) is 14.5. The van der Waals surface area contributed by atoms with Crippen LogP contribution in [0.2, 0.25) is 0 Å². The van der Waals surface area contributed by atoms with Gasteiger partial charge in [-0.1, -0.05) is 104 Å². The van der Waals surface area contributed by atoms with Crippen molar-refractivity contribution in [2.45, 2.75) is 50.0 Å². The van der Waals surface area contributed by atoms with Crippen LogP contribution in [0.25, 0.3) is 23.8 Å². The molecule has 1 saturated carbocycles. The van der Waals surface area contributed by atoms with Gasteiger partial charge in [-0.05, 0) is 88.8 Å². The maximum Gasteiger partial charge on any atom is 0.130 e. The van der Waals surface area contributed by atoms with E-state index in [9.17, 15) is 0 Å². The Kier molecular flexibility index (Phi) is 5.24. The summed E-state index contributed by atoms with van der Waals surface area (Å²) in [5.74, 6) is 3.45. The zero-order valence-electron chi connectivity index (χ0n) is 26.6. The number of rotatable bonds is 3. The molecule has 0 amide bonds. The second-order valence-electron chi connectivity index (χ2n) is 14.5. The van der Waals surface area contributed by atoms with Crippen molar-refractivity contribution in [2.75, 3.05) is 0 Å². The summed E-state index contributed by atoms with van der Waals surface area (Å²) in [6.07, 6.45) is 41.7. The number of allylic oxidation sites excluding steroid dienone is 15. The molecule has 1 aromatic carbocycles. The molecule has 47 heavy (non-hydrogen) atoms. The Morgan fingerprint density at radius 3 is 2.72 bits per heavy atom. The van der Waals surface area contributed by atoms with Crippen molar-refractivity contribution in [1.82, 2.24) is 4.57 Å². The van der Waals surface area contributed by atoms with Gasteiger partial charge in [0.1, 0.15) is 11.5 Å². The van der Waals surface area contributed by atoms with Gasteiger partial charge in [-0.3, -0.25) is 0 Å². The van der Waals surface area contributed by atoms with Crippen LogP contribution in [0.4, 0.5) is 0 Å². The minimum absolute atomic E-state index is 0.210. The molecule has 1 fully saturated rings. The van der Waals surface area contributed by atoms with Crippen LogP contribution < -0.4 is 0 Å². The van der Waals surface area contributed by atoms with Crippen LogP contribution >= 0.6 is 0 Å². The highest BCUT2D eigenvalue weighted by Gasteiger charge is 2.62. The molecule has 8 aliphatic rings. The first-order chi connectivity index (χ1) is 23.3. The fourth-order valence-electron chi connectivity index (χ4n) is 10.8. The van der Waals surface area contributed by atoms with Crippen LogP contribution in [0.1, 0.15) is 75.9 Å². The fraction of sp³-hybridized carbons (Fsp3) is 0.244. The van der Waals surface area contributed by atoms with E-state index < -0.39 is 0 Å². The van der Waals surface area contributed by atoms with Crippen molar-refractivity contribution in [3.63, 3.8) is 0 Å². The van der Waals surface area contributed by atoms with Crippen molar-refractivity contribution >= 4 is 23.8 Å². The first-order valence-corrected chi connectivity index (χ1v) is 17.6. The van der Waals surface area contributed by atoms with Crippen molar-refractivity contribution < 1.29 is 4.42 Å². The number of hydrogen-bond acceptors (Lipinski definition) is 1. The van der Waals surface area contributed by atoms with E-state index in [0.717, 1.165) is 50.0 Å². The molecule has 0 bridgehead atoms. The van der Waals surface area contributed by atoms with E-state index >= 15 is 0 Å². The normalized spacial score (nSPS) is 29.7. The quantitative estimate of drug-likeness (QED) is 0.290. The molecule has 2 aromatic heterocycles. The monoisotopic (exact) mass is 607 g/mol. The van der Waals surface area contributed by atoms with Gasteiger partial charge in [-0.25, -0.2) is 0 Å². The summed E-state index contributed by atoms with van der Waals surface area (Å²) in [5, 5.41) is 0. The predicted octanol–water partition coefficient (Wildman–Crippen LogP) is 10.2. The highest BCUT2D eigenvalue weighted by atomic mass is 16.3. The molecular weight excluding hydrogens is 571 g/mol. The molecule has 3 aromatic rings. The standard InChI is InChI=1S/C45H37NO/c1-2-35-44(33-15-3-6-16-36(33)45(35)37-17-9-11-27-21-22-28-12-10-18-38(45)43(28)42(27)37)34-26-46(39-19-7-4-13-30(34)39)29-23-24-32-31-14-5-8-20-40(31)47-41(32)25-29/h2-3,6-12,15-17,19-24,26-27,29,38,42H,1,4-5,13-14,18,25H2. The molecule has 0 radical (unpaired) electrons. The highest BCUT2D eigenvalue weighted by Crippen LogP contribution is 2.69. The Labute approximate surface area is 276 Å². The first-order valence-electron chi connectivity index (χ1n) is 17.6. The molecule has 5 unspecified atom stereocenters. The Hall–Kier alpha value is -4.82. The van der Waals surface area contributed by atoms with Crippen molar-refractivity contribution in [3.05, 3.63) is 177 Å². The number of nitrogens with zero attached hydrogens (tertiary/aromatic N) is 1. The van der Waals surface area contributed by atoms with Crippen LogP contribution in [-0.2, 0) is 24.7 Å². The first kappa shape index (κ1) is 26.3. The van der Waals surface area contributed by atoms with Gasteiger partial charge >= 0.3 is 0 Å². The summed E-state index contributed by atoms with van der Waals surface area (Å²) in [5.41, 5.74) is 17.0. The van der Waals surface area contributed by atoms with Gasteiger partial charge in [0.05, 0.1) is 11.5 Å². The Morgan fingerprint density at radius 1 is 0.894 bits per heavy atom. The van der Waals surface area contributed by atoms with E-state index in [1.807, 2.05) is 0 Å². The molecule has 2 heteroatoms. The summed E-state index contributed by atoms with van der Waals surface area (Å²) >= 11 is 0. The molecule has 228 valence electrons.